The summed E-state index contributed by atoms with van der Waals surface area (Å²) >= 11 is 0. The van der Waals surface area contributed by atoms with E-state index in [-0.39, 0.29) is 47.1 Å². The molecule has 1 saturated carbocycles. The van der Waals surface area contributed by atoms with Crippen molar-refractivity contribution in [3.63, 3.8) is 0 Å². The van der Waals surface area contributed by atoms with Crippen LogP contribution in [0.1, 0.15) is 87.7 Å². The van der Waals surface area contributed by atoms with Gasteiger partial charge in [-0.15, -0.1) is 0 Å². The number of phenols is 1. The van der Waals surface area contributed by atoms with Gasteiger partial charge < -0.3 is 39.9 Å². The molecule has 3 amide bonds. The highest BCUT2D eigenvalue weighted by Gasteiger charge is 2.40. The van der Waals surface area contributed by atoms with Gasteiger partial charge in [-0.1, -0.05) is 112 Å². The number of carbonyl (C=O) groups excluding carboxylic acids is 3. The number of amides is 3. The van der Waals surface area contributed by atoms with Gasteiger partial charge in [-0.3, -0.25) is 14.9 Å². The predicted octanol–water partition coefficient (Wildman–Crippen LogP) is 11.5. The van der Waals surface area contributed by atoms with Gasteiger partial charge in [0.05, 0.1) is 17.3 Å². The third kappa shape index (κ3) is 14.2. The maximum atomic E-state index is 13.3. The smallest absolute Gasteiger partial charge is 0.411 e. The number of rotatable bonds is 18. The summed E-state index contributed by atoms with van der Waals surface area (Å²) in [7, 11) is -2.23. The quantitative estimate of drug-likeness (QED) is 0.0457. The molecule has 6 aromatic rings. The normalized spacial score (nSPS) is 15.5. The molecule has 1 fully saturated rings. The number of aromatic nitrogens is 1. The molecular weight excluding hydrogens is 887 g/mol. The lowest BCUT2D eigenvalue weighted by molar-refractivity contribution is -0.116. The average Bonchev–Trinajstić information content (AvgIpc) is 3.32. The summed E-state index contributed by atoms with van der Waals surface area (Å²) in [6.07, 6.45) is 2.51. The number of hydrogen-bond acceptors (Lipinski definition) is 9. The number of aromatic amines is 1. The van der Waals surface area contributed by atoms with Crippen molar-refractivity contribution >= 4 is 48.7 Å². The summed E-state index contributed by atoms with van der Waals surface area (Å²) in [4.78, 5) is 53.7. The fourth-order valence-electron chi connectivity index (χ4n) is 8.28. The predicted molar refractivity (Wildman–Crippen MR) is 275 cm³/mol. The summed E-state index contributed by atoms with van der Waals surface area (Å²) in [5.74, 6) is -0.0809. The Labute approximate surface area is 405 Å². The minimum Gasteiger partial charge on any atom is -0.506 e. The summed E-state index contributed by atoms with van der Waals surface area (Å²) in [6.45, 7) is 12.3. The lowest BCUT2D eigenvalue weighted by Crippen LogP contribution is -2.43. The Morgan fingerprint density at radius 3 is 2.19 bits per heavy atom. The Morgan fingerprint density at radius 1 is 0.783 bits per heavy atom. The molecule has 362 valence electrons. The topological polar surface area (TPSA) is 180 Å². The fraction of sp³-hybridized carbons (Fsp3) is 0.345. The van der Waals surface area contributed by atoms with E-state index in [0.717, 1.165) is 38.8 Å². The number of carbonyl (C=O) groups is 3. The zero-order valence-corrected chi connectivity index (χ0v) is 41.2. The van der Waals surface area contributed by atoms with Crippen molar-refractivity contribution in [2.75, 3.05) is 17.2 Å². The molecule has 13 nitrogen and oxygen atoms in total. The monoisotopic (exact) mass is 951 g/mol. The summed E-state index contributed by atoms with van der Waals surface area (Å²) < 4.78 is 18.2. The van der Waals surface area contributed by atoms with Crippen molar-refractivity contribution in [1.29, 1.82) is 0 Å². The van der Waals surface area contributed by atoms with Crippen LogP contribution in [0.4, 0.5) is 21.0 Å². The highest BCUT2D eigenvalue weighted by Crippen LogP contribution is 2.41. The number of fused-ring (bicyclic) bond motifs is 1. The first-order chi connectivity index (χ1) is 33.1. The van der Waals surface area contributed by atoms with Gasteiger partial charge in [0.25, 0.3) is 0 Å². The molecule has 0 aliphatic heterocycles. The first-order valence-corrected chi connectivity index (χ1v) is 26.8. The van der Waals surface area contributed by atoms with E-state index in [9.17, 15) is 24.3 Å². The Bertz CT molecular complexity index is 2730. The van der Waals surface area contributed by atoms with Crippen molar-refractivity contribution in [1.82, 2.24) is 15.6 Å². The van der Waals surface area contributed by atoms with Crippen molar-refractivity contribution in [3.8, 4) is 16.9 Å². The number of nitrogens with one attached hydrogen (secondary N) is 5. The molecule has 1 aromatic heterocycles. The number of H-pyrrole nitrogens is 1. The largest absolute Gasteiger partial charge is 0.506 e. The first kappa shape index (κ1) is 50.1. The summed E-state index contributed by atoms with van der Waals surface area (Å²) in [5.41, 5.74) is 7.07. The van der Waals surface area contributed by atoms with Crippen LogP contribution in [-0.2, 0) is 38.3 Å². The molecule has 0 saturated heterocycles. The lowest BCUT2D eigenvalue weighted by atomic mass is 9.93. The van der Waals surface area contributed by atoms with Gasteiger partial charge in [0.2, 0.25) is 11.5 Å². The van der Waals surface area contributed by atoms with Crippen molar-refractivity contribution in [3.05, 3.63) is 160 Å². The molecule has 5 aromatic carbocycles. The molecular formula is C55H65N5O8Si. The van der Waals surface area contributed by atoms with Gasteiger partial charge in [-0.2, -0.15) is 0 Å². The second kappa shape index (κ2) is 23.0. The van der Waals surface area contributed by atoms with Gasteiger partial charge in [0.1, 0.15) is 18.5 Å². The molecule has 0 radical (unpaired) electrons. The van der Waals surface area contributed by atoms with E-state index in [0.29, 0.717) is 74.9 Å². The van der Waals surface area contributed by atoms with E-state index in [4.69, 9.17) is 13.9 Å². The molecule has 0 spiro atoms. The van der Waals surface area contributed by atoms with Crippen LogP contribution < -0.4 is 26.8 Å². The molecule has 0 bridgehead atoms. The van der Waals surface area contributed by atoms with Crippen LogP contribution in [-0.4, -0.2) is 55.2 Å². The van der Waals surface area contributed by atoms with Crippen molar-refractivity contribution in [2.45, 2.75) is 115 Å². The number of alkyl carbamates (subject to hydrolysis) is 1. The van der Waals surface area contributed by atoms with Crippen LogP contribution in [0.5, 0.6) is 5.75 Å². The molecule has 0 unspecified atom stereocenters. The molecule has 1 heterocycles. The number of hydrogen-bond donors (Lipinski definition) is 6. The SMILES string of the molecule is CC(C)(C)[Si](C)(C)O[C@@H](CNCc1ccc(NC(=O)CCCc2ccc(-c3ccccc3)c(NC(=O)OC3CCC(NC(=O)OCc4ccccc4)CC3)c2)cc1)c1ccc(O)c2[nH]c(=O)ccc12. The molecule has 6 N–H and O–H groups in total. The molecule has 1 aliphatic carbocycles. The van der Waals surface area contributed by atoms with Crippen molar-refractivity contribution in [2.24, 2.45) is 0 Å². The second-order valence-electron chi connectivity index (χ2n) is 19.3. The van der Waals surface area contributed by atoms with Crippen LogP contribution in [0, 0.1) is 0 Å². The highest BCUT2D eigenvalue weighted by atomic mass is 28.4. The van der Waals surface area contributed by atoms with Gasteiger partial charge >= 0.3 is 12.2 Å². The fourth-order valence-corrected chi connectivity index (χ4v) is 9.56. The minimum absolute atomic E-state index is 0.0109. The van der Waals surface area contributed by atoms with Crippen LogP contribution >= 0.6 is 0 Å². The molecule has 14 heteroatoms. The molecule has 1 atom stereocenters. The van der Waals surface area contributed by atoms with E-state index in [1.54, 1.807) is 12.1 Å². The van der Waals surface area contributed by atoms with Crippen LogP contribution in [0.25, 0.3) is 22.0 Å². The van der Waals surface area contributed by atoms with Crippen LogP contribution in [0.15, 0.2) is 132 Å². The van der Waals surface area contributed by atoms with E-state index in [2.05, 4.69) is 60.1 Å². The van der Waals surface area contributed by atoms with E-state index in [1.165, 1.54) is 6.07 Å². The Balaban J connectivity index is 0.884. The number of anilines is 2. The summed E-state index contributed by atoms with van der Waals surface area (Å²) in [5, 5.41) is 23.8. The number of pyridine rings is 1. The van der Waals surface area contributed by atoms with Crippen LogP contribution in [0.2, 0.25) is 18.1 Å². The number of aryl methyl sites for hydroxylation is 1. The van der Waals surface area contributed by atoms with E-state index >= 15 is 0 Å². The Kier molecular flexibility index (Phi) is 16.7. The lowest BCUT2D eigenvalue weighted by Gasteiger charge is -2.39. The number of phenolic OH excluding ortho intramolecular Hbond substituents is 1. The molecule has 7 rings (SSSR count). The first-order valence-electron chi connectivity index (χ1n) is 23.9. The average molecular weight is 952 g/mol. The molecule has 69 heavy (non-hydrogen) atoms. The zero-order chi connectivity index (χ0) is 49.0. The van der Waals surface area contributed by atoms with Gasteiger partial charge in [0, 0.05) is 48.3 Å². The number of benzene rings is 5. The van der Waals surface area contributed by atoms with Crippen molar-refractivity contribution < 1.29 is 33.4 Å². The summed E-state index contributed by atoms with van der Waals surface area (Å²) in [6, 6.07) is 39.7. The highest BCUT2D eigenvalue weighted by molar-refractivity contribution is 6.74. The van der Waals surface area contributed by atoms with Gasteiger partial charge in [-0.25, -0.2) is 9.59 Å². The molecule has 1 aliphatic rings. The van der Waals surface area contributed by atoms with E-state index < -0.39 is 20.5 Å². The van der Waals surface area contributed by atoms with E-state index in [1.807, 2.05) is 109 Å². The number of aromatic hydroxyl groups is 1. The minimum atomic E-state index is -2.23. The second-order valence-corrected chi connectivity index (χ2v) is 24.1. The number of ether oxygens (including phenoxy) is 2. The Hall–Kier alpha value is -6.74. The van der Waals surface area contributed by atoms with Gasteiger partial charge in [-0.05, 0) is 115 Å². The van der Waals surface area contributed by atoms with Crippen LogP contribution in [0.3, 0.4) is 0 Å². The zero-order valence-electron chi connectivity index (χ0n) is 40.2. The third-order valence-electron chi connectivity index (χ3n) is 13.2. The van der Waals surface area contributed by atoms with Gasteiger partial charge in [0.15, 0.2) is 8.32 Å². The third-order valence-corrected chi connectivity index (χ3v) is 17.6. The standard InChI is InChI=1S/C55H65N5O8Si/c1-55(2,3)69(4,5)68-49(45-29-31-48(61)52-46(45)30-32-51(63)60-52)35-56-34-38-19-22-41(23-20-38)57-50(62)18-12-15-37-21-28-44(40-16-10-7-11-17-40)47(33-37)59-54(65)67-43-26-24-42(25-27-43)58-53(64)66-36-39-13-8-6-9-14-39/h6-11,13-14,16-17,19-23,28-33,42-43,49,56,61H,12,15,18,24-27,34-36H2,1-5H3,(H,57,62)(H,58,64)(H,59,65)(H,60,63)/t42?,43?,49-/m0/s1. The Morgan fingerprint density at radius 2 is 1.48 bits per heavy atom. The maximum absolute atomic E-state index is 13.3. The maximum Gasteiger partial charge on any atom is 0.411 e.